The van der Waals surface area contributed by atoms with Gasteiger partial charge < -0.3 is 4.90 Å². The molecule has 1 aliphatic carbocycles. The molecule has 1 saturated carbocycles. The molecule has 4 heterocycles. The predicted molar refractivity (Wildman–Crippen MR) is 227 cm³/mol. The van der Waals surface area contributed by atoms with Gasteiger partial charge in [-0.2, -0.15) is 5.10 Å². The van der Waals surface area contributed by atoms with E-state index < -0.39 is 33.6 Å². The van der Waals surface area contributed by atoms with Crippen molar-refractivity contribution in [1.29, 1.82) is 5.26 Å². The number of rotatable bonds is 10. The zero-order chi connectivity index (χ0) is 42.3. The number of halogens is 2. The van der Waals surface area contributed by atoms with Crippen molar-refractivity contribution in [2.75, 3.05) is 55.6 Å². The van der Waals surface area contributed by atoms with Gasteiger partial charge in [0.25, 0.3) is 11.5 Å². The molecule has 3 aromatic carbocycles. The van der Waals surface area contributed by atoms with Crippen LogP contribution in [-0.4, -0.2) is 88.2 Å². The normalized spacial score (nSPS) is 23.2. The molecule has 60 heavy (non-hydrogen) atoms. The summed E-state index contributed by atoms with van der Waals surface area (Å²) in [4.78, 5) is 58.1. The number of nitrogens with zero attached hydrogens (tertiary/aromatic N) is 6. The van der Waals surface area contributed by atoms with E-state index in [4.69, 9.17) is 14.7 Å². The van der Waals surface area contributed by atoms with Gasteiger partial charge >= 0.3 is 213 Å². The minimum atomic E-state index is -0.780. The Balaban J connectivity index is 0.783. The van der Waals surface area contributed by atoms with Gasteiger partial charge in [-0.25, -0.2) is 4.68 Å². The van der Waals surface area contributed by atoms with E-state index in [9.17, 15) is 24.4 Å². The molecule has 2 N–H and O–H groups in total. The monoisotopic (exact) mass is 945 g/mol. The summed E-state index contributed by atoms with van der Waals surface area (Å²) in [6, 6.07) is 20.3. The van der Waals surface area contributed by atoms with E-state index in [1.54, 1.807) is 24.4 Å². The first kappa shape index (κ1) is 42.0. The third-order valence-electron chi connectivity index (χ3n) is 13.0. The second kappa shape index (κ2) is 17.0. The SMILES string of the molecule is CC1(C)C(NC(=O)c2ccc(N3CCC(CN4CCN(c5ccc6c(=O)n([C@H]7CCC(=O)NC7=O)ncc6c5)CC4)CC3)cc2)C(C)(C)C1[I-]Oc1ccc(C#N)c(Cl)c1. The second-order valence-corrected chi connectivity index (χ2v) is 20.3. The van der Waals surface area contributed by atoms with Crippen molar-refractivity contribution in [1.82, 2.24) is 25.3 Å². The summed E-state index contributed by atoms with van der Waals surface area (Å²) in [6.45, 7) is 15.6. The molecule has 316 valence electrons. The first-order valence-corrected chi connectivity index (χ1v) is 23.2. The van der Waals surface area contributed by atoms with Crippen LogP contribution in [0.15, 0.2) is 71.7 Å². The molecule has 8 rings (SSSR count). The Morgan fingerprint density at radius 2 is 1.60 bits per heavy atom. The number of nitriles is 1. The maximum absolute atomic E-state index is 13.5. The number of fused-ring (bicyclic) bond motifs is 1. The number of alkyl halides is 1. The van der Waals surface area contributed by atoms with Gasteiger partial charge in [-0.3, -0.25) is 24.6 Å². The zero-order valence-electron chi connectivity index (χ0n) is 34.4. The second-order valence-electron chi connectivity index (χ2n) is 17.7. The number of carbonyl (C=O) groups is 3. The van der Waals surface area contributed by atoms with Crippen LogP contribution in [0.25, 0.3) is 10.8 Å². The molecule has 0 radical (unpaired) electrons. The standard InChI is InChI=1S/C45H51ClIN8O5/c1-44(2)42(47-60-34-11-7-30(25-48)36(46)24-34)45(3,4)43(44)51-39(57)29-5-8-32(9-6-29)53-17-15-28(16-18-53)27-52-19-21-54(22-20-52)33-10-12-35-31(23-33)26-49-55(41(35)59)37-13-14-38(56)50-40(37)58/h5-12,23-24,26,28,37,42-43H,13-22,27H2,1-4H3,(H,51,57)(H,50,56,58)/q-1/t37-,42?,43?/m0/s1. The molecular formula is C45H51ClIN8O5-. The summed E-state index contributed by atoms with van der Waals surface area (Å²) in [6.07, 6.45) is 4.33. The van der Waals surface area contributed by atoms with Crippen LogP contribution in [0.1, 0.15) is 75.3 Å². The first-order chi connectivity index (χ1) is 28.7. The van der Waals surface area contributed by atoms with E-state index >= 15 is 0 Å². The summed E-state index contributed by atoms with van der Waals surface area (Å²) >= 11 is 5.51. The van der Waals surface area contributed by atoms with Crippen molar-refractivity contribution < 1.29 is 39.1 Å². The Bertz CT molecular complexity index is 2380. The summed E-state index contributed by atoms with van der Waals surface area (Å²) in [5.74, 6) is 0.436. The average Bonchev–Trinajstić information content (AvgIpc) is 3.23. The van der Waals surface area contributed by atoms with Crippen molar-refractivity contribution in [2.24, 2.45) is 16.7 Å². The van der Waals surface area contributed by atoms with Crippen molar-refractivity contribution >= 4 is 51.5 Å². The molecular weight excluding hydrogens is 895 g/mol. The zero-order valence-corrected chi connectivity index (χ0v) is 37.3. The summed E-state index contributed by atoms with van der Waals surface area (Å²) < 4.78 is 7.74. The fraction of sp³-hybridized carbons (Fsp3) is 0.467. The Labute approximate surface area is 366 Å². The minimum absolute atomic E-state index is 0.00974. The number of piperidine rings is 2. The fourth-order valence-corrected chi connectivity index (χ4v) is 13.0. The number of benzene rings is 3. The van der Waals surface area contributed by atoms with Gasteiger partial charge in [0.1, 0.15) is 6.04 Å². The Morgan fingerprint density at radius 3 is 2.27 bits per heavy atom. The van der Waals surface area contributed by atoms with Crippen LogP contribution < -0.4 is 50.7 Å². The molecule has 4 fully saturated rings. The van der Waals surface area contributed by atoms with Crippen LogP contribution in [0.2, 0.25) is 5.02 Å². The van der Waals surface area contributed by atoms with E-state index in [1.807, 2.05) is 30.3 Å². The molecule has 4 aromatic rings. The van der Waals surface area contributed by atoms with Gasteiger partial charge in [0.05, 0.1) is 11.6 Å². The number of amides is 3. The molecule has 4 aliphatic rings. The van der Waals surface area contributed by atoms with Gasteiger partial charge in [-0.1, -0.05) is 0 Å². The van der Waals surface area contributed by atoms with Gasteiger partial charge in [-0.15, -0.1) is 0 Å². The molecule has 3 aliphatic heterocycles. The fourth-order valence-electron chi connectivity index (χ4n) is 9.90. The van der Waals surface area contributed by atoms with Crippen LogP contribution in [-0.2, 0) is 9.59 Å². The Hall–Kier alpha value is -4.72. The number of hydrogen-bond donors (Lipinski definition) is 2. The molecule has 1 atom stereocenters. The molecule has 0 bridgehead atoms. The van der Waals surface area contributed by atoms with Crippen molar-refractivity contribution in [3.63, 3.8) is 0 Å². The average molecular weight is 946 g/mol. The molecule has 0 spiro atoms. The summed E-state index contributed by atoms with van der Waals surface area (Å²) in [5.41, 5.74) is 2.68. The van der Waals surface area contributed by atoms with Crippen LogP contribution >= 0.6 is 11.6 Å². The number of piperazine rings is 1. The van der Waals surface area contributed by atoms with E-state index in [1.165, 1.54) is 4.68 Å². The van der Waals surface area contributed by atoms with Gasteiger partial charge in [0.2, 0.25) is 5.91 Å². The summed E-state index contributed by atoms with van der Waals surface area (Å²) in [7, 11) is 0. The van der Waals surface area contributed by atoms with E-state index in [2.05, 4.69) is 76.3 Å². The quantitative estimate of drug-likeness (QED) is 0.138. The molecule has 1 aromatic heterocycles. The van der Waals surface area contributed by atoms with Crippen molar-refractivity contribution in [3.05, 3.63) is 93.4 Å². The topological polar surface area (TPSA) is 153 Å². The number of nitrogens with one attached hydrogen (secondary N) is 2. The van der Waals surface area contributed by atoms with E-state index in [-0.39, 0.29) is 47.1 Å². The Kier molecular flexibility index (Phi) is 11.9. The number of carbonyl (C=O) groups excluding carboxylic acids is 3. The molecule has 0 unspecified atom stereocenters. The molecule has 13 nitrogen and oxygen atoms in total. The number of aromatic nitrogens is 2. The van der Waals surface area contributed by atoms with Gasteiger partial charge in [-0.05, 0) is 30.5 Å². The van der Waals surface area contributed by atoms with E-state index in [0.29, 0.717) is 37.1 Å². The number of anilines is 2. The van der Waals surface area contributed by atoms with Gasteiger partial charge in [0, 0.05) is 50.2 Å². The molecule has 3 saturated heterocycles. The third kappa shape index (κ3) is 8.32. The third-order valence-corrected chi connectivity index (χ3v) is 17.8. The summed E-state index contributed by atoms with van der Waals surface area (Å²) in [5, 5.41) is 20.8. The van der Waals surface area contributed by atoms with Crippen LogP contribution in [0, 0.1) is 28.1 Å². The van der Waals surface area contributed by atoms with Crippen molar-refractivity contribution in [3.8, 4) is 11.8 Å². The predicted octanol–water partition coefficient (Wildman–Crippen LogP) is 2.55. The maximum atomic E-state index is 13.5. The van der Waals surface area contributed by atoms with E-state index in [0.717, 1.165) is 75.4 Å². The molecule has 3 amide bonds. The van der Waals surface area contributed by atoms with Crippen LogP contribution in [0.5, 0.6) is 5.75 Å². The molecule has 15 heteroatoms. The number of imide groups is 1. The van der Waals surface area contributed by atoms with Gasteiger partial charge in [0.15, 0.2) is 0 Å². The first-order valence-electron chi connectivity index (χ1n) is 20.7. The van der Waals surface area contributed by atoms with Crippen LogP contribution in [0.4, 0.5) is 11.4 Å². The number of hydrogen-bond acceptors (Lipinski definition) is 10. The van der Waals surface area contributed by atoms with Crippen molar-refractivity contribution in [2.45, 2.75) is 69.4 Å². The van der Waals surface area contributed by atoms with Crippen LogP contribution in [0.3, 0.4) is 0 Å². The Morgan fingerprint density at radius 1 is 0.917 bits per heavy atom.